The van der Waals surface area contributed by atoms with E-state index < -0.39 is 14.6 Å². The molecule has 1 aliphatic heterocycles. The molecule has 0 saturated carbocycles. The van der Waals surface area contributed by atoms with E-state index in [-0.39, 0.29) is 12.6 Å². The number of likely N-dealkylation sites (tertiary alicyclic amines) is 1. The smallest absolute Gasteiger partial charge is 0.317 e. The fourth-order valence-electron chi connectivity index (χ4n) is 2.44. The topological polar surface area (TPSA) is 66.5 Å². The van der Waals surface area contributed by atoms with Crippen LogP contribution >= 0.6 is 0 Å². The molecule has 5 nitrogen and oxygen atoms in total. The highest BCUT2D eigenvalue weighted by atomic mass is 32.2. The van der Waals surface area contributed by atoms with Gasteiger partial charge in [-0.25, -0.2) is 13.2 Å². The number of amides is 2. The molecule has 0 spiro atoms. The van der Waals surface area contributed by atoms with E-state index in [4.69, 9.17) is 0 Å². The van der Waals surface area contributed by atoms with E-state index in [2.05, 4.69) is 19.2 Å². The van der Waals surface area contributed by atoms with Crippen molar-refractivity contribution in [3.8, 4) is 0 Å². The van der Waals surface area contributed by atoms with E-state index in [0.717, 1.165) is 25.9 Å². The zero-order chi connectivity index (χ0) is 15.6. The van der Waals surface area contributed by atoms with Gasteiger partial charge in [0.2, 0.25) is 0 Å². The second-order valence-corrected chi connectivity index (χ2v) is 9.52. The summed E-state index contributed by atoms with van der Waals surface area (Å²) in [6.45, 7) is 9.27. The molecule has 0 aromatic heterocycles. The number of carbonyl (C=O) groups is 1. The molecule has 0 unspecified atom stereocenters. The first-order valence-corrected chi connectivity index (χ1v) is 9.14. The predicted molar refractivity (Wildman–Crippen MR) is 81.5 cm³/mol. The standard InChI is InChI=1S/C14H28N2O3S/c1-11-6-7-16(9-12(2)8-11)13(17)15-10-14(3,4)20(5,18)19/h11-12H,6-10H2,1-5H3,(H,15,17)/t11-,12-/m0/s1. The number of hydrogen-bond acceptors (Lipinski definition) is 3. The van der Waals surface area contributed by atoms with Crippen LogP contribution < -0.4 is 5.32 Å². The number of nitrogens with zero attached hydrogens (tertiary/aromatic N) is 1. The highest BCUT2D eigenvalue weighted by Gasteiger charge is 2.31. The molecule has 0 radical (unpaired) electrons. The number of rotatable bonds is 3. The summed E-state index contributed by atoms with van der Waals surface area (Å²) in [6.07, 6.45) is 3.35. The average molecular weight is 304 g/mol. The largest absolute Gasteiger partial charge is 0.336 e. The first kappa shape index (κ1) is 17.3. The van der Waals surface area contributed by atoms with Crippen molar-refractivity contribution in [3.63, 3.8) is 0 Å². The van der Waals surface area contributed by atoms with Crippen LogP contribution in [0.5, 0.6) is 0 Å². The summed E-state index contributed by atoms with van der Waals surface area (Å²) >= 11 is 0. The minimum Gasteiger partial charge on any atom is -0.336 e. The van der Waals surface area contributed by atoms with Gasteiger partial charge in [0, 0.05) is 25.9 Å². The van der Waals surface area contributed by atoms with Crippen LogP contribution in [0.2, 0.25) is 0 Å². The molecule has 20 heavy (non-hydrogen) atoms. The van der Waals surface area contributed by atoms with Crippen LogP contribution in [0.25, 0.3) is 0 Å². The van der Waals surface area contributed by atoms with Crippen LogP contribution in [0.15, 0.2) is 0 Å². The van der Waals surface area contributed by atoms with Crippen molar-refractivity contribution >= 4 is 15.9 Å². The molecule has 0 aromatic rings. The third kappa shape index (κ3) is 4.65. The monoisotopic (exact) mass is 304 g/mol. The van der Waals surface area contributed by atoms with Crippen molar-refractivity contribution in [2.45, 2.75) is 45.3 Å². The maximum Gasteiger partial charge on any atom is 0.317 e. The van der Waals surface area contributed by atoms with Gasteiger partial charge >= 0.3 is 6.03 Å². The summed E-state index contributed by atoms with van der Waals surface area (Å²) in [5.41, 5.74) is 0. The van der Waals surface area contributed by atoms with Gasteiger partial charge in [-0.05, 0) is 38.5 Å². The minimum atomic E-state index is -3.19. The maximum absolute atomic E-state index is 12.2. The number of nitrogens with one attached hydrogen (secondary N) is 1. The molecule has 1 heterocycles. The molecule has 2 amide bonds. The highest BCUT2D eigenvalue weighted by Crippen LogP contribution is 2.21. The van der Waals surface area contributed by atoms with Crippen molar-refractivity contribution in [2.75, 3.05) is 25.9 Å². The lowest BCUT2D eigenvalue weighted by atomic mass is 9.97. The van der Waals surface area contributed by atoms with Gasteiger partial charge in [-0.1, -0.05) is 13.8 Å². The fourth-order valence-corrected chi connectivity index (χ4v) is 2.77. The molecule has 118 valence electrons. The summed E-state index contributed by atoms with van der Waals surface area (Å²) in [5, 5.41) is 2.77. The molecule has 2 atom stereocenters. The molecule has 1 saturated heterocycles. The summed E-state index contributed by atoms with van der Waals surface area (Å²) in [5.74, 6) is 1.12. The Morgan fingerprint density at radius 1 is 1.30 bits per heavy atom. The van der Waals surface area contributed by atoms with E-state index in [0.29, 0.717) is 11.8 Å². The Bertz CT molecular complexity index is 445. The molecule has 0 aromatic carbocycles. The molecule has 6 heteroatoms. The molecule has 1 rings (SSSR count). The molecular formula is C14H28N2O3S. The van der Waals surface area contributed by atoms with Crippen LogP contribution in [-0.2, 0) is 9.84 Å². The normalized spacial score (nSPS) is 25.1. The highest BCUT2D eigenvalue weighted by molar-refractivity contribution is 7.92. The second-order valence-electron chi connectivity index (χ2n) is 6.87. The van der Waals surface area contributed by atoms with Gasteiger partial charge in [-0.15, -0.1) is 0 Å². The van der Waals surface area contributed by atoms with Crippen LogP contribution in [0.4, 0.5) is 4.79 Å². The quantitative estimate of drug-likeness (QED) is 0.866. The van der Waals surface area contributed by atoms with Crippen LogP contribution in [-0.4, -0.2) is 50.0 Å². The number of hydrogen-bond donors (Lipinski definition) is 1. The molecule has 1 aliphatic rings. The number of urea groups is 1. The zero-order valence-electron chi connectivity index (χ0n) is 13.3. The Morgan fingerprint density at radius 3 is 2.45 bits per heavy atom. The first-order chi connectivity index (χ1) is 9.03. The van der Waals surface area contributed by atoms with Gasteiger partial charge in [0.15, 0.2) is 9.84 Å². The summed E-state index contributed by atoms with van der Waals surface area (Å²) in [7, 11) is -3.19. The number of carbonyl (C=O) groups excluding carboxylic acids is 1. The molecular weight excluding hydrogens is 276 g/mol. The van der Waals surface area contributed by atoms with Crippen molar-refractivity contribution in [1.29, 1.82) is 0 Å². The molecule has 0 aliphatic carbocycles. The maximum atomic E-state index is 12.2. The van der Waals surface area contributed by atoms with E-state index in [1.807, 2.05) is 4.90 Å². The fraction of sp³-hybridized carbons (Fsp3) is 0.929. The van der Waals surface area contributed by atoms with E-state index in [1.165, 1.54) is 6.26 Å². The minimum absolute atomic E-state index is 0.144. The van der Waals surface area contributed by atoms with Crippen molar-refractivity contribution in [3.05, 3.63) is 0 Å². The van der Waals surface area contributed by atoms with E-state index in [9.17, 15) is 13.2 Å². The van der Waals surface area contributed by atoms with Crippen molar-refractivity contribution < 1.29 is 13.2 Å². The van der Waals surface area contributed by atoms with Gasteiger partial charge in [0.25, 0.3) is 0 Å². The Hall–Kier alpha value is -0.780. The summed E-state index contributed by atoms with van der Waals surface area (Å²) in [6, 6.07) is -0.150. The van der Waals surface area contributed by atoms with Crippen molar-refractivity contribution in [1.82, 2.24) is 10.2 Å². The summed E-state index contributed by atoms with van der Waals surface area (Å²) < 4.78 is 22.3. The van der Waals surface area contributed by atoms with Gasteiger partial charge < -0.3 is 10.2 Å². The van der Waals surface area contributed by atoms with E-state index >= 15 is 0 Å². The Labute approximate surface area is 123 Å². The number of sulfone groups is 1. The lowest BCUT2D eigenvalue weighted by molar-refractivity contribution is 0.193. The van der Waals surface area contributed by atoms with Gasteiger partial charge in [-0.3, -0.25) is 0 Å². The Kier molecular flexibility index (Phi) is 5.46. The Morgan fingerprint density at radius 2 is 1.90 bits per heavy atom. The van der Waals surface area contributed by atoms with Gasteiger partial charge in [0.1, 0.15) is 0 Å². The summed E-state index contributed by atoms with van der Waals surface area (Å²) in [4.78, 5) is 14.0. The van der Waals surface area contributed by atoms with Crippen LogP contribution in [0, 0.1) is 11.8 Å². The average Bonchev–Trinajstić information content (AvgIpc) is 2.45. The Balaban J connectivity index is 2.59. The second kappa shape index (κ2) is 6.33. The molecule has 1 N–H and O–H groups in total. The van der Waals surface area contributed by atoms with E-state index in [1.54, 1.807) is 13.8 Å². The van der Waals surface area contributed by atoms with Crippen molar-refractivity contribution in [2.24, 2.45) is 11.8 Å². The zero-order valence-corrected chi connectivity index (χ0v) is 14.1. The van der Waals surface area contributed by atoms with Crippen LogP contribution in [0.1, 0.15) is 40.5 Å². The van der Waals surface area contributed by atoms with Gasteiger partial charge in [0.05, 0.1) is 4.75 Å². The lowest BCUT2D eigenvalue weighted by Gasteiger charge is -2.27. The predicted octanol–water partition coefficient (Wildman–Crippen LogP) is 1.89. The first-order valence-electron chi connectivity index (χ1n) is 7.25. The van der Waals surface area contributed by atoms with Gasteiger partial charge in [-0.2, -0.15) is 0 Å². The van der Waals surface area contributed by atoms with Crippen LogP contribution in [0.3, 0.4) is 0 Å². The SMILES string of the molecule is C[C@H]1CCN(C(=O)NCC(C)(C)S(C)(=O)=O)C[C@@H](C)C1. The third-order valence-corrected chi connectivity index (χ3v) is 6.34. The molecule has 1 fully saturated rings. The third-order valence-electron chi connectivity index (χ3n) is 4.18. The lowest BCUT2D eigenvalue weighted by Crippen LogP contribution is -2.49. The molecule has 0 bridgehead atoms.